The van der Waals surface area contributed by atoms with Gasteiger partial charge >= 0.3 is 0 Å². The van der Waals surface area contributed by atoms with Gasteiger partial charge in [-0.2, -0.15) is 0 Å². The van der Waals surface area contributed by atoms with Crippen LogP contribution in [0, 0.1) is 0 Å². The van der Waals surface area contributed by atoms with Gasteiger partial charge in [-0.15, -0.1) is 0 Å². The topological polar surface area (TPSA) is 13.1 Å². The van der Waals surface area contributed by atoms with Gasteiger partial charge < -0.3 is 4.42 Å². The molecule has 0 spiro atoms. The van der Waals surface area contributed by atoms with Gasteiger partial charge in [0.15, 0.2) is 0 Å². The highest BCUT2D eigenvalue weighted by Gasteiger charge is 2.21. The summed E-state index contributed by atoms with van der Waals surface area (Å²) in [6, 6.07) is 46.2. The average molecular weight is 578 g/mol. The van der Waals surface area contributed by atoms with Crippen molar-refractivity contribution in [2.24, 2.45) is 0 Å². The quantitative estimate of drug-likeness (QED) is 0.190. The number of rotatable bonds is 4. The molecule has 0 aliphatic carbocycles. The SMILES string of the molecule is [2H]c1c([2H])c([2H])c(-c2ccc(-c3c4ccccc4c(-c4cc(-c5ccccc5)cc5oc6ccccc6c45)c4ccccc34)cc2)c([2H])c1[2H]. The van der Waals surface area contributed by atoms with Crippen molar-refractivity contribution >= 4 is 43.5 Å². The lowest BCUT2D eigenvalue weighted by Crippen LogP contribution is -1.92. The van der Waals surface area contributed by atoms with Gasteiger partial charge in [0.1, 0.15) is 11.2 Å². The van der Waals surface area contributed by atoms with Gasteiger partial charge in [-0.1, -0.05) is 152 Å². The van der Waals surface area contributed by atoms with Crippen LogP contribution >= 0.6 is 0 Å². The molecule has 0 saturated carbocycles. The minimum atomic E-state index is -0.395. The van der Waals surface area contributed by atoms with Crippen molar-refractivity contribution in [1.82, 2.24) is 0 Å². The lowest BCUT2D eigenvalue weighted by Gasteiger charge is -2.19. The normalized spacial score (nSPS) is 13.1. The summed E-state index contributed by atoms with van der Waals surface area (Å²) in [5.74, 6) is 0. The minimum absolute atomic E-state index is 0.197. The molecule has 8 aromatic carbocycles. The molecule has 0 saturated heterocycles. The van der Waals surface area contributed by atoms with E-state index in [1.165, 1.54) is 0 Å². The first kappa shape index (κ1) is 20.9. The summed E-state index contributed by atoms with van der Waals surface area (Å²) < 4.78 is 47.9. The summed E-state index contributed by atoms with van der Waals surface area (Å²) in [7, 11) is 0. The molecule has 0 unspecified atom stereocenters. The van der Waals surface area contributed by atoms with E-state index in [-0.39, 0.29) is 29.7 Å². The fourth-order valence-corrected chi connectivity index (χ4v) is 6.78. The zero-order chi connectivity index (χ0) is 34.1. The van der Waals surface area contributed by atoms with Crippen LogP contribution in [-0.4, -0.2) is 0 Å². The Bertz CT molecular complexity index is 2720. The predicted octanol–water partition coefficient (Wildman–Crippen LogP) is 12.6. The van der Waals surface area contributed by atoms with Gasteiger partial charge in [0.25, 0.3) is 0 Å². The number of hydrogen-bond acceptors (Lipinski definition) is 1. The van der Waals surface area contributed by atoms with Gasteiger partial charge in [0, 0.05) is 10.8 Å². The molecule has 0 aliphatic rings. The lowest BCUT2D eigenvalue weighted by molar-refractivity contribution is 0.669. The van der Waals surface area contributed by atoms with E-state index in [0.29, 0.717) is 5.56 Å². The van der Waals surface area contributed by atoms with E-state index in [2.05, 4.69) is 97.1 Å². The Morgan fingerprint density at radius 1 is 0.378 bits per heavy atom. The van der Waals surface area contributed by atoms with Gasteiger partial charge in [0.05, 0.1) is 6.85 Å². The highest BCUT2D eigenvalue weighted by Crippen LogP contribution is 2.48. The maximum atomic E-state index is 8.50. The van der Waals surface area contributed by atoms with Gasteiger partial charge in [-0.3, -0.25) is 0 Å². The molecular weight excluding hydrogens is 544 g/mol. The molecule has 1 aromatic heterocycles. The summed E-state index contributed by atoms with van der Waals surface area (Å²) in [5.41, 5.74) is 8.91. The number of benzene rings is 8. The van der Waals surface area contributed by atoms with E-state index < -0.39 is 6.04 Å². The molecule has 1 heteroatoms. The molecule has 45 heavy (non-hydrogen) atoms. The van der Waals surface area contributed by atoms with Crippen LogP contribution in [0.15, 0.2) is 174 Å². The summed E-state index contributed by atoms with van der Waals surface area (Å²) in [6.07, 6.45) is 0. The van der Waals surface area contributed by atoms with Crippen LogP contribution in [0.5, 0.6) is 0 Å². The Hall–Kier alpha value is -5.92. The van der Waals surface area contributed by atoms with Crippen molar-refractivity contribution in [3.8, 4) is 44.5 Å². The second-order valence-corrected chi connectivity index (χ2v) is 11.3. The van der Waals surface area contributed by atoms with Crippen LogP contribution in [0.4, 0.5) is 0 Å². The number of hydrogen-bond donors (Lipinski definition) is 0. The second kappa shape index (κ2) is 10.4. The van der Waals surface area contributed by atoms with Gasteiger partial charge in [0.2, 0.25) is 0 Å². The average Bonchev–Trinajstić information content (AvgIpc) is 3.54. The first-order chi connectivity index (χ1) is 24.4. The molecule has 9 rings (SSSR count). The Labute approximate surface area is 268 Å². The highest BCUT2D eigenvalue weighted by molar-refractivity contribution is 6.26. The molecule has 0 fully saturated rings. The van der Waals surface area contributed by atoms with Crippen LogP contribution < -0.4 is 0 Å². The lowest BCUT2D eigenvalue weighted by atomic mass is 9.84. The fraction of sp³-hybridized carbons (Fsp3) is 0. The third-order valence-electron chi connectivity index (χ3n) is 8.75. The van der Waals surface area contributed by atoms with E-state index in [1.807, 2.05) is 42.5 Å². The zero-order valence-corrected chi connectivity index (χ0v) is 24.2. The maximum Gasteiger partial charge on any atom is 0.136 e. The molecule has 210 valence electrons. The molecule has 0 aliphatic heterocycles. The molecule has 0 atom stereocenters. The van der Waals surface area contributed by atoms with Crippen LogP contribution in [0.25, 0.3) is 88.0 Å². The Kier molecular flexibility index (Phi) is 4.81. The minimum Gasteiger partial charge on any atom is -0.456 e. The van der Waals surface area contributed by atoms with E-state index in [0.717, 1.165) is 76.9 Å². The number of para-hydroxylation sites is 1. The Morgan fingerprint density at radius 2 is 0.911 bits per heavy atom. The van der Waals surface area contributed by atoms with Crippen molar-refractivity contribution in [1.29, 1.82) is 0 Å². The maximum absolute atomic E-state index is 8.50. The van der Waals surface area contributed by atoms with E-state index in [9.17, 15) is 0 Å². The summed E-state index contributed by atoms with van der Waals surface area (Å²) in [6.45, 7) is 0. The van der Waals surface area contributed by atoms with Crippen molar-refractivity contribution in [3.05, 3.63) is 170 Å². The van der Waals surface area contributed by atoms with Crippen molar-refractivity contribution < 1.29 is 11.3 Å². The highest BCUT2D eigenvalue weighted by atomic mass is 16.3. The molecule has 9 aromatic rings. The first-order valence-electron chi connectivity index (χ1n) is 17.5. The van der Waals surface area contributed by atoms with Crippen LogP contribution in [0.1, 0.15) is 6.85 Å². The third kappa shape index (κ3) is 4.17. The van der Waals surface area contributed by atoms with Crippen molar-refractivity contribution in [3.63, 3.8) is 0 Å². The van der Waals surface area contributed by atoms with E-state index in [4.69, 9.17) is 11.3 Å². The van der Waals surface area contributed by atoms with E-state index in [1.54, 1.807) is 0 Å². The fourth-order valence-electron chi connectivity index (χ4n) is 6.78. The molecule has 0 bridgehead atoms. The number of furan rings is 1. The summed E-state index contributed by atoms with van der Waals surface area (Å²) in [5, 5.41) is 6.52. The summed E-state index contributed by atoms with van der Waals surface area (Å²) in [4.78, 5) is 0. The van der Waals surface area contributed by atoms with E-state index >= 15 is 0 Å². The van der Waals surface area contributed by atoms with Crippen molar-refractivity contribution in [2.45, 2.75) is 0 Å². The van der Waals surface area contributed by atoms with Crippen LogP contribution in [0.2, 0.25) is 0 Å². The van der Waals surface area contributed by atoms with Gasteiger partial charge in [-0.05, 0) is 84.3 Å². The molecule has 1 nitrogen and oxygen atoms in total. The first-order valence-corrected chi connectivity index (χ1v) is 15.0. The molecule has 0 amide bonds. The second-order valence-electron chi connectivity index (χ2n) is 11.3. The number of fused-ring (bicyclic) bond motifs is 5. The van der Waals surface area contributed by atoms with Crippen LogP contribution in [0.3, 0.4) is 0 Å². The Balaban J connectivity index is 1.33. The standard InChI is InChI=1S/C44H28O/c1-3-13-29(14-4-1)31-23-25-32(26-24-31)42-34-17-7-9-19-36(34)43(37-20-10-8-18-35(37)42)39-27-33(30-15-5-2-6-16-30)28-41-44(39)38-21-11-12-22-40(38)45-41/h1-28H/i1D,3D,4D,13D,14D. The largest absolute Gasteiger partial charge is 0.456 e. The predicted molar refractivity (Wildman–Crippen MR) is 190 cm³/mol. The smallest absolute Gasteiger partial charge is 0.136 e. The summed E-state index contributed by atoms with van der Waals surface area (Å²) >= 11 is 0. The molecule has 0 N–H and O–H groups in total. The Morgan fingerprint density at radius 3 is 1.58 bits per heavy atom. The monoisotopic (exact) mass is 577 g/mol. The molecule has 0 radical (unpaired) electrons. The zero-order valence-electron chi connectivity index (χ0n) is 29.2. The molecule has 1 heterocycles. The van der Waals surface area contributed by atoms with Crippen molar-refractivity contribution in [2.75, 3.05) is 0 Å². The van der Waals surface area contributed by atoms with Gasteiger partial charge in [-0.25, -0.2) is 0 Å². The van der Waals surface area contributed by atoms with Crippen LogP contribution in [-0.2, 0) is 0 Å². The molecular formula is C44H28O. The third-order valence-corrected chi connectivity index (χ3v) is 8.75.